The summed E-state index contributed by atoms with van der Waals surface area (Å²) in [6.45, 7) is 1.73. The van der Waals surface area contributed by atoms with Crippen LogP contribution >= 0.6 is 0 Å². The van der Waals surface area contributed by atoms with E-state index < -0.39 is 0 Å². The normalized spacial score (nSPS) is 10.3. The van der Waals surface area contributed by atoms with Gasteiger partial charge in [-0.1, -0.05) is 30.3 Å². The molecular weight excluding hydrogens is 262 g/mol. The number of aryl methyl sites for hydroxylation is 1. The molecule has 0 fully saturated rings. The lowest BCUT2D eigenvalue weighted by Gasteiger charge is -2.07. The number of carbonyl (C=O) groups excluding carboxylic acids is 1. The molecule has 1 aromatic heterocycles. The number of amides is 1. The SMILES string of the molecule is O=C(CNCc1ccncc1)NCCCc1ccccc1. The van der Waals surface area contributed by atoms with Crippen molar-refractivity contribution >= 4 is 5.91 Å². The summed E-state index contributed by atoms with van der Waals surface area (Å²) in [7, 11) is 0. The summed E-state index contributed by atoms with van der Waals surface area (Å²) in [4.78, 5) is 15.6. The van der Waals surface area contributed by atoms with E-state index in [1.165, 1.54) is 5.56 Å². The van der Waals surface area contributed by atoms with E-state index >= 15 is 0 Å². The van der Waals surface area contributed by atoms with Crippen molar-refractivity contribution in [2.45, 2.75) is 19.4 Å². The zero-order valence-corrected chi connectivity index (χ0v) is 12.1. The van der Waals surface area contributed by atoms with E-state index in [0.717, 1.165) is 18.4 Å². The number of benzene rings is 1. The minimum atomic E-state index is 0.0390. The first kappa shape index (κ1) is 15.2. The van der Waals surface area contributed by atoms with E-state index in [1.54, 1.807) is 12.4 Å². The van der Waals surface area contributed by atoms with Crippen LogP contribution in [0.4, 0.5) is 0 Å². The predicted octanol–water partition coefficient (Wildman–Crippen LogP) is 1.92. The van der Waals surface area contributed by atoms with Crippen LogP contribution in [0.1, 0.15) is 17.5 Å². The van der Waals surface area contributed by atoms with E-state index in [-0.39, 0.29) is 5.91 Å². The number of hydrogen-bond donors (Lipinski definition) is 2. The Bertz CT molecular complexity index is 528. The molecule has 0 unspecified atom stereocenters. The second kappa shape index (κ2) is 8.87. The van der Waals surface area contributed by atoms with Gasteiger partial charge >= 0.3 is 0 Å². The fourth-order valence-electron chi connectivity index (χ4n) is 2.05. The second-order valence-electron chi connectivity index (χ2n) is 4.90. The fourth-order valence-corrected chi connectivity index (χ4v) is 2.05. The van der Waals surface area contributed by atoms with Crippen LogP contribution in [0.5, 0.6) is 0 Å². The first-order valence-electron chi connectivity index (χ1n) is 7.25. The number of aromatic nitrogens is 1. The molecule has 0 aliphatic carbocycles. The lowest BCUT2D eigenvalue weighted by Crippen LogP contribution is -2.34. The maximum Gasteiger partial charge on any atom is 0.233 e. The molecule has 2 N–H and O–H groups in total. The van der Waals surface area contributed by atoms with Crippen LogP contribution in [0.2, 0.25) is 0 Å². The first-order valence-corrected chi connectivity index (χ1v) is 7.25. The third-order valence-electron chi connectivity index (χ3n) is 3.17. The summed E-state index contributed by atoms with van der Waals surface area (Å²) in [5.74, 6) is 0.0390. The minimum absolute atomic E-state index is 0.0390. The minimum Gasteiger partial charge on any atom is -0.355 e. The van der Waals surface area contributed by atoms with Crippen LogP contribution in [0.25, 0.3) is 0 Å². The summed E-state index contributed by atoms with van der Waals surface area (Å²) in [6, 6.07) is 14.2. The standard InChI is InChI=1S/C17H21N3O/c21-17(14-19-13-16-8-11-18-12-9-16)20-10-4-7-15-5-2-1-3-6-15/h1-3,5-6,8-9,11-12,19H,4,7,10,13-14H2,(H,20,21). The highest BCUT2D eigenvalue weighted by Gasteiger charge is 2.00. The van der Waals surface area contributed by atoms with Gasteiger partial charge in [-0.2, -0.15) is 0 Å². The third kappa shape index (κ3) is 6.19. The summed E-state index contributed by atoms with van der Waals surface area (Å²) < 4.78 is 0. The molecule has 4 heteroatoms. The van der Waals surface area contributed by atoms with Crippen molar-refractivity contribution in [2.24, 2.45) is 0 Å². The summed E-state index contributed by atoms with van der Waals surface area (Å²) >= 11 is 0. The van der Waals surface area contributed by atoms with Crippen molar-refractivity contribution in [3.05, 3.63) is 66.0 Å². The van der Waals surface area contributed by atoms with Crippen molar-refractivity contribution in [3.8, 4) is 0 Å². The van der Waals surface area contributed by atoms with Crippen molar-refractivity contribution in [3.63, 3.8) is 0 Å². The van der Waals surface area contributed by atoms with E-state index in [0.29, 0.717) is 19.6 Å². The Morgan fingerprint density at radius 3 is 2.52 bits per heavy atom. The molecule has 2 aromatic rings. The molecule has 1 heterocycles. The van der Waals surface area contributed by atoms with Crippen LogP contribution in [-0.2, 0) is 17.8 Å². The van der Waals surface area contributed by atoms with Gasteiger partial charge in [0.25, 0.3) is 0 Å². The monoisotopic (exact) mass is 283 g/mol. The van der Waals surface area contributed by atoms with Gasteiger partial charge in [-0.3, -0.25) is 9.78 Å². The topological polar surface area (TPSA) is 54.0 Å². The van der Waals surface area contributed by atoms with Gasteiger partial charge in [0.2, 0.25) is 5.91 Å². The molecule has 0 bridgehead atoms. The molecule has 21 heavy (non-hydrogen) atoms. The zero-order valence-electron chi connectivity index (χ0n) is 12.1. The number of nitrogens with one attached hydrogen (secondary N) is 2. The summed E-state index contributed by atoms with van der Waals surface area (Å²) in [6.07, 6.45) is 5.45. The van der Waals surface area contributed by atoms with Crippen LogP contribution in [-0.4, -0.2) is 24.0 Å². The highest BCUT2D eigenvalue weighted by Crippen LogP contribution is 2.01. The van der Waals surface area contributed by atoms with Gasteiger partial charge in [-0.05, 0) is 36.1 Å². The highest BCUT2D eigenvalue weighted by molar-refractivity contribution is 5.77. The van der Waals surface area contributed by atoms with E-state index in [4.69, 9.17) is 0 Å². The van der Waals surface area contributed by atoms with Crippen LogP contribution < -0.4 is 10.6 Å². The molecule has 0 saturated heterocycles. The number of rotatable bonds is 8. The largest absolute Gasteiger partial charge is 0.355 e. The van der Waals surface area contributed by atoms with Gasteiger partial charge in [0.1, 0.15) is 0 Å². The van der Waals surface area contributed by atoms with Crippen molar-refractivity contribution in [1.29, 1.82) is 0 Å². The Hall–Kier alpha value is -2.20. The number of nitrogens with zero attached hydrogens (tertiary/aromatic N) is 1. The average molecular weight is 283 g/mol. The molecule has 0 radical (unpaired) electrons. The number of hydrogen-bond acceptors (Lipinski definition) is 3. The van der Waals surface area contributed by atoms with Crippen molar-refractivity contribution < 1.29 is 4.79 Å². The van der Waals surface area contributed by atoms with Gasteiger partial charge in [-0.25, -0.2) is 0 Å². The molecule has 1 aromatic carbocycles. The molecule has 0 aliphatic heterocycles. The maximum atomic E-state index is 11.7. The Labute approximate surface area is 125 Å². The lowest BCUT2D eigenvalue weighted by molar-refractivity contribution is -0.120. The molecule has 0 saturated carbocycles. The van der Waals surface area contributed by atoms with Gasteiger partial charge in [0, 0.05) is 25.5 Å². The highest BCUT2D eigenvalue weighted by atomic mass is 16.1. The fraction of sp³-hybridized carbons (Fsp3) is 0.294. The van der Waals surface area contributed by atoms with Crippen LogP contribution in [0, 0.1) is 0 Å². The van der Waals surface area contributed by atoms with E-state index in [2.05, 4.69) is 27.8 Å². The van der Waals surface area contributed by atoms with E-state index in [9.17, 15) is 4.79 Å². The number of pyridine rings is 1. The molecule has 0 atom stereocenters. The summed E-state index contributed by atoms with van der Waals surface area (Å²) in [5, 5.41) is 6.05. The molecule has 2 rings (SSSR count). The summed E-state index contributed by atoms with van der Waals surface area (Å²) in [5.41, 5.74) is 2.43. The molecule has 0 spiro atoms. The average Bonchev–Trinajstić information content (AvgIpc) is 2.54. The van der Waals surface area contributed by atoms with Crippen LogP contribution in [0.3, 0.4) is 0 Å². The van der Waals surface area contributed by atoms with Gasteiger partial charge in [0.15, 0.2) is 0 Å². The smallest absolute Gasteiger partial charge is 0.233 e. The molecule has 0 aliphatic rings. The van der Waals surface area contributed by atoms with Crippen LogP contribution in [0.15, 0.2) is 54.9 Å². The Morgan fingerprint density at radius 2 is 1.76 bits per heavy atom. The molecule has 4 nitrogen and oxygen atoms in total. The third-order valence-corrected chi connectivity index (χ3v) is 3.17. The van der Waals surface area contributed by atoms with Gasteiger partial charge in [-0.15, -0.1) is 0 Å². The molecule has 110 valence electrons. The maximum absolute atomic E-state index is 11.7. The number of carbonyl (C=O) groups is 1. The second-order valence-corrected chi connectivity index (χ2v) is 4.90. The van der Waals surface area contributed by atoms with Gasteiger partial charge in [0.05, 0.1) is 6.54 Å². The van der Waals surface area contributed by atoms with Gasteiger partial charge < -0.3 is 10.6 Å². The first-order chi connectivity index (χ1) is 10.3. The van der Waals surface area contributed by atoms with E-state index in [1.807, 2.05) is 30.3 Å². The lowest BCUT2D eigenvalue weighted by atomic mass is 10.1. The quantitative estimate of drug-likeness (QED) is 0.728. The van der Waals surface area contributed by atoms with Crippen molar-refractivity contribution in [2.75, 3.05) is 13.1 Å². The Balaban J connectivity index is 1.54. The van der Waals surface area contributed by atoms with Crippen molar-refractivity contribution in [1.82, 2.24) is 15.6 Å². The Kier molecular flexibility index (Phi) is 6.42. The molecule has 1 amide bonds. The zero-order chi connectivity index (χ0) is 14.8. The Morgan fingerprint density at radius 1 is 1.00 bits per heavy atom. The molecular formula is C17H21N3O. The predicted molar refractivity (Wildman–Crippen MR) is 83.7 cm³/mol.